The van der Waals surface area contributed by atoms with E-state index in [4.69, 9.17) is 32.8 Å². The van der Waals surface area contributed by atoms with Gasteiger partial charge in [-0.2, -0.15) is 0 Å². The highest BCUT2D eigenvalue weighted by atomic mass is 16.6. The molecule has 20 aromatic carbocycles. The summed E-state index contributed by atoms with van der Waals surface area (Å²) < 4.78 is 48.7. The van der Waals surface area contributed by atoms with Gasteiger partial charge in [-0.05, 0) is 256 Å². The van der Waals surface area contributed by atoms with Crippen molar-refractivity contribution in [3.8, 4) is 114 Å². The number of hydrogen-bond acceptors (Lipinski definition) is 10. The number of benzene rings is 20. The van der Waals surface area contributed by atoms with Gasteiger partial charge < -0.3 is 56.7 Å². The van der Waals surface area contributed by atoms with Crippen molar-refractivity contribution in [1.29, 1.82) is 0 Å². The first-order chi connectivity index (χ1) is 67.9. The van der Waals surface area contributed by atoms with Gasteiger partial charge in [0.05, 0.1) is 39.1 Å². The van der Waals surface area contributed by atoms with Crippen molar-refractivity contribution in [3.05, 3.63) is 477 Å². The summed E-state index contributed by atoms with van der Waals surface area (Å²) in [4.78, 5) is 6.90. The summed E-state index contributed by atoms with van der Waals surface area (Å²) in [6.45, 7) is 9.29. The molecule has 5 aliphatic rings. The number of nitrogens with zero attached hydrogens (tertiary/aromatic N) is 5. The van der Waals surface area contributed by atoms with Crippen molar-refractivity contribution in [2.45, 2.75) is 38.5 Å². The van der Waals surface area contributed by atoms with E-state index in [0.29, 0.717) is 51.7 Å². The average Bonchev–Trinajstić information content (AvgIpc) is 1.57. The molecule has 0 saturated heterocycles. The van der Waals surface area contributed by atoms with Crippen LogP contribution in [0.5, 0.6) is 69.0 Å². The molecule has 12 heteroatoms. The number of fused-ring (bicyclic) bond motifs is 21. The maximum Gasteiger partial charge on any atom is 0.172 e. The Bertz CT molecular complexity index is 8820. The fraction of sp³-hybridized carbons (Fsp3) is 0.0476. The molecule has 138 heavy (non-hydrogen) atoms. The molecule has 3 aromatic heterocycles. The van der Waals surface area contributed by atoms with Gasteiger partial charge in [0.15, 0.2) is 69.0 Å². The Morgan fingerprint density at radius 3 is 0.920 bits per heavy atom. The van der Waals surface area contributed by atoms with Crippen LogP contribution in [0.25, 0.3) is 110 Å². The Morgan fingerprint density at radius 2 is 0.471 bits per heavy atom. The van der Waals surface area contributed by atoms with Gasteiger partial charge in [0.2, 0.25) is 0 Å². The molecule has 0 unspecified atom stereocenters. The summed E-state index contributed by atoms with van der Waals surface area (Å²) in [5.41, 5.74) is 30.6. The average molecular weight is 1780 g/mol. The maximum absolute atomic E-state index is 6.41. The van der Waals surface area contributed by atoms with Crippen LogP contribution < -0.4 is 43.1 Å². The predicted molar refractivity (Wildman–Crippen MR) is 560 cm³/mol. The highest BCUT2D eigenvalue weighted by molar-refractivity contribution is 6.13. The van der Waals surface area contributed by atoms with Crippen molar-refractivity contribution in [2.24, 2.45) is 0 Å². The zero-order valence-corrected chi connectivity index (χ0v) is 75.9. The minimum Gasteiger partial charge on any atom is -0.456 e. The van der Waals surface area contributed by atoms with E-state index in [1.165, 1.54) is 93.7 Å². The third kappa shape index (κ3) is 13.7. The lowest BCUT2D eigenvalue weighted by Crippen LogP contribution is -2.16. The summed E-state index contributed by atoms with van der Waals surface area (Å²) in [5.74, 6) is 8.44. The normalized spacial score (nSPS) is 13.1. The van der Waals surface area contributed by atoms with Crippen molar-refractivity contribution < 1.29 is 32.8 Å². The minimum absolute atomic E-state index is 0.118. The molecule has 0 bridgehead atoms. The first-order valence-electron chi connectivity index (χ1n) is 46.8. The molecule has 0 atom stereocenters. The predicted octanol–water partition coefficient (Wildman–Crippen LogP) is 35.5. The second-order valence-corrected chi connectivity index (χ2v) is 36.6. The fourth-order valence-electron chi connectivity index (χ4n) is 21.2. The molecular weight excluding hydrogens is 1700 g/mol. The Balaban J connectivity index is 0.000000107. The zero-order valence-electron chi connectivity index (χ0n) is 75.9. The van der Waals surface area contributed by atoms with E-state index in [1.807, 2.05) is 109 Å². The monoisotopic (exact) mass is 1780 g/mol. The third-order valence-electron chi connectivity index (χ3n) is 27.8. The van der Waals surface area contributed by atoms with Crippen LogP contribution in [0.4, 0.5) is 51.2 Å². The van der Waals surface area contributed by atoms with Gasteiger partial charge in [0.25, 0.3) is 0 Å². The highest BCUT2D eigenvalue weighted by Crippen LogP contribution is 2.58. The molecule has 0 N–H and O–H groups in total. The molecular formula is C126H87N5O7. The van der Waals surface area contributed by atoms with E-state index in [1.54, 1.807) is 0 Å². The van der Waals surface area contributed by atoms with Gasteiger partial charge in [0.1, 0.15) is 11.2 Å². The molecule has 3 aliphatic heterocycles. The van der Waals surface area contributed by atoms with Crippen LogP contribution in [0.15, 0.2) is 459 Å². The van der Waals surface area contributed by atoms with Crippen LogP contribution in [-0.4, -0.2) is 9.13 Å². The minimum atomic E-state index is -0.128. The molecule has 2 aliphatic carbocycles. The number of rotatable bonds is 12. The highest BCUT2D eigenvalue weighted by Gasteiger charge is 2.39. The zero-order chi connectivity index (χ0) is 91.9. The molecule has 0 fully saturated rings. The molecule has 6 heterocycles. The lowest BCUT2D eigenvalue weighted by atomic mass is 9.82. The Kier molecular flexibility index (Phi) is 19.0. The molecule has 0 spiro atoms. The summed E-state index contributed by atoms with van der Waals surface area (Å²) in [6.07, 6.45) is 0. The molecule has 12 nitrogen and oxygen atoms in total. The van der Waals surface area contributed by atoms with E-state index in [2.05, 4.69) is 397 Å². The van der Waals surface area contributed by atoms with E-state index in [-0.39, 0.29) is 10.8 Å². The van der Waals surface area contributed by atoms with E-state index in [9.17, 15) is 0 Å². The number of para-hydroxylation sites is 11. The standard InChI is InChI=1S/C45H32N2O2.C42H28N2O2.C39H27NO3/c1-45(2)37-16-8-6-14-33(37)34-23-20-31(27-38(34)45)46(32-22-25-43-44(28-32)49-42-19-11-10-18-41(42)48-43)30-21-24-40-36(26-30)35-15-7-9-17-39(35)47(40)29-12-4-3-5-13-29;1-3-11-29(12-4-1)30-19-21-32(22-20-30)43(34-24-26-41-42(28-34)46-40-18-10-9-17-39(40)45-41)33-23-25-38-36(27-33)35-15-7-8-16-37(35)44(38)31-13-5-2-6-14-31;1-39(2)31-11-5-3-9-27(31)28-18-15-24(21-32(28)39)40(25-16-19-30-29-10-4-6-12-33(29)41-37(30)22-25)26-17-20-36-38(23-26)43-35-14-8-7-13-34(35)42-36/h3-28H,1-2H3;1-28H;3-23H,1-2H3. The number of ether oxygens (including phenoxy) is 6. The van der Waals surface area contributed by atoms with E-state index < -0.39 is 0 Å². The smallest absolute Gasteiger partial charge is 0.172 e. The summed E-state index contributed by atoms with van der Waals surface area (Å²) in [5, 5.41) is 7.03. The van der Waals surface area contributed by atoms with Crippen LogP contribution in [0, 0.1) is 0 Å². The van der Waals surface area contributed by atoms with Crippen LogP contribution >= 0.6 is 0 Å². The molecule has 658 valence electrons. The molecule has 0 saturated carbocycles. The first kappa shape index (κ1) is 80.8. The molecule has 0 radical (unpaired) electrons. The number of hydrogen-bond donors (Lipinski definition) is 0. The third-order valence-corrected chi connectivity index (χ3v) is 27.8. The van der Waals surface area contributed by atoms with Crippen molar-refractivity contribution in [3.63, 3.8) is 0 Å². The number of furan rings is 1. The van der Waals surface area contributed by atoms with Crippen molar-refractivity contribution >= 4 is 117 Å². The van der Waals surface area contributed by atoms with Crippen molar-refractivity contribution in [2.75, 3.05) is 14.7 Å². The Labute approximate surface area is 797 Å². The largest absolute Gasteiger partial charge is 0.456 e. The summed E-state index contributed by atoms with van der Waals surface area (Å²) in [7, 11) is 0. The van der Waals surface area contributed by atoms with Crippen LogP contribution in [-0.2, 0) is 10.8 Å². The van der Waals surface area contributed by atoms with Gasteiger partial charge in [-0.3, -0.25) is 0 Å². The second kappa shape index (κ2) is 32.4. The van der Waals surface area contributed by atoms with Gasteiger partial charge >= 0.3 is 0 Å². The molecule has 28 rings (SSSR count). The number of anilines is 9. The number of aromatic nitrogens is 2. The lowest BCUT2D eigenvalue weighted by Gasteiger charge is -2.29. The van der Waals surface area contributed by atoms with Crippen LogP contribution in [0.1, 0.15) is 49.9 Å². The van der Waals surface area contributed by atoms with Gasteiger partial charge in [-0.25, -0.2) is 0 Å². The maximum atomic E-state index is 6.41. The Hall–Kier alpha value is -18.0. The quantitative estimate of drug-likeness (QED) is 0.118. The topological polar surface area (TPSA) is 88.1 Å². The van der Waals surface area contributed by atoms with Gasteiger partial charge in [0, 0.05) is 113 Å². The van der Waals surface area contributed by atoms with Gasteiger partial charge in [-0.15, -0.1) is 0 Å². The van der Waals surface area contributed by atoms with Crippen LogP contribution in [0.2, 0.25) is 0 Å². The summed E-state index contributed by atoms with van der Waals surface area (Å²) in [6, 6.07) is 159. The van der Waals surface area contributed by atoms with E-state index in [0.717, 1.165) is 107 Å². The van der Waals surface area contributed by atoms with Crippen LogP contribution in [0.3, 0.4) is 0 Å². The Morgan fingerprint density at radius 1 is 0.181 bits per heavy atom. The van der Waals surface area contributed by atoms with E-state index >= 15 is 0 Å². The second-order valence-electron chi connectivity index (χ2n) is 36.6. The van der Waals surface area contributed by atoms with Gasteiger partial charge in [-0.1, -0.05) is 258 Å². The first-order valence-corrected chi connectivity index (χ1v) is 46.8. The lowest BCUT2D eigenvalue weighted by molar-refractivity contribution is 0.360. The SMILES string of the molecule is CC1(C)c2ccccc2-c2ccc(N(c3ccc4c(c3)Oc3ccccc3O4)c3ccc4c(c3)c3ccccc3n4-c3ccccc3)cc21.CC1(C)c2ccccc2-c2ccc(N(c3ccc4c(c3)Oc3ccccc3O4)c3ccc4c(c3)oc3ccccc34)cc21.c1ccc(-c2ccc(N(c3ccc4c(c3)Oc3ccccc3O4)c3ccc4c(c3)c3ccccc3n4-c3ccccc3)cc2)cc1. The summed E-state index contributed by atoms with van der Waals surface area (Å²) >= 11 is 0. The molecule has 0 amide bonds. The fourth-order valence-corrected chi connectivity index (χ4v) is 21.2. The van der Waals surface area contributed by atoms with Crippen molar-refractivity contribution in [1.82, 2.24) is 9.13 Å². The molecule has 23 aromatic rings.